The van der Waals surface area contributed by atoms with Gasteiger partial charge in [0.25, 0.3) is 0 Å². The summed E-state index contributed by atoms with van der Waals surface area (Å²) in [6.45, 7) is 1.44. The van der Waals surface area contributed by atoms with Gasteiger partial charge in [0.2, 0.25) is 26.6 Å². The van der Waals surface area contributed by atoms with Crippen LogP contribution < -0.4 is 4.90 Å². The molecule has 1 fully saturated rings. The van der Waals surface area contributed by atoms with Crippen LogP contribution in [0.2, 0.25) is 0 Å². The highest BCUT2D eigenvalue weighted by atomic mass is 79.9. The van der Waals surface area contributed by atoms with Crippen molar-refractivity contribution in [3.63, 3.8) is 0 Å². The highest BCUT2D eigenvalue weighted by molar-refractivity contribution is 9.10. The van der Waals surface area contributed by atoms with Gasteiger partial charge in [0.05, 0.1) is 4.90 Å². The second-order valence-corrected chi connectivity index (χ2v) is 12.4. The van der Waals surface area contributed by atoms with E-state index in [1.807, 2.05) is 35.2 Å². The third-order valence-electron chi connectivity index (χ3n) is 6.32. The van der Waals surface area contributed by atoms with Crippen LogP contribution in [0.15, 0.2) is 102 Å². The number of nitrogens with zero attached hydrogens (tertiary/aromatic N) is 2. The average molecular weight is 616 g/mol. The van der Waals surface area contributed by atoms with Gasteiger partial charge >= 0.3 is 0 Å². The molecule has 0 unspecified atom stereocenters. The van der Waals surface area contributed by atoms with Gasteiger partial charge in [-0.25, -0.2) is 8.42 Å². The standard InChI is InChI=1S/C27H24Br2N2O3S/c28-22-8-6-21(7-9-22)25-30-26(35(32,33)24-12-10-23(29)11-13-24)27(34-25)31-16-14-20(15-17-31)18-19-4-2-1-3-5-19/h1-13,20H,14-18H2. The number of hydrogen-bond acceptors (Lipinski definition) is 5. The minimum Gasteiger partial charge on any atom is -0.419 e. The molecule has 0 N–H and O–H groups in total. The Hall–Kier alpha value is -2.42. The Morgan fingerprint density at radius 3 is 2.09 bits per heavy atom. The van der Waals surface area contributed by atoms with E-state index in [-0.39, 0.29) is 9.92 Å². The fourth-order valence-electron chi connectivity index (χ4n) is 4.40. The Bertz CT molecular complexity index is 1400. The van der Waals surface area contributed by atoms with Crippen molar-refractivity contribution in [3.8, 4) is 11.5 Å². The third kappa shape index (κ3) is 5.39. The predicted octanol–water partition coefficient (Wildman–Crippen LogP) is 7.16. The van der Waals surface area contributed by atoms with Crippen LogP contribution in [0.25, 0.3) is 11.5 Å². The van der Waals surface area contributed by atoms with E-state index < -0.39 is 9.84 Å². The van der Waals surface area contributed by atoms with Gasteiger partial charge < -0.3 is 9.32 Å². The molecule has 180 valence electrons. The van der Waals surface area contributed by atoms with Crippen molar-refractivity contribution in [3.05, 3.63) is 93.4 Å². The van der Waals surface area contributed by atoms with Gasteiger partial charge in [-0.2, -0.15) is 4.98 Å². The zero-order valence-electron chi connectivity index (χ0n) is 18.9. The van der Waals surface area contributed by atoms with Crippen molar-refractivity contribution < 1.29 is 12.8 Å². The molecule has 0 spiro atoms. The maximum absolute atomic E-state index is 13.6. The van der Waals surface area contributed by atoms with Crippen LogP contribution in [0.3, 0.4) is 0 Å². The monoisotopic (exact) mass is 614 g/mol. The predicted molar refractivity (Wildman–Crippen MR) is 144 cm³/mol. The van der Waals surface area contributed by atoms with Crippen LogP contribution in [-0.4, -0.2) is 26.5 Å². The normalized spacial score (nSPS) is 14.9. The topological polar surface area (TPSA) is 63.4 Å². The molecule has 5 rings (SSSR count). The number of benzene rings is 3. The first kappa shape index (κ1) is 24.3. The lowest BCUT2D eigenvalue weighted by molar-refractivity contribution is 0.387. The summed E-state index contributed by atoms with van der Waals surface area (Å²) < 4.78 is 35.2. The number of oxazole rings is 1. The minimum atomic E-state index is -3.87. The summed E-state index contributed by atoms with van der Waals surface area (Å²) in [5.41, 5.74) is 2.06. The van der Waals surface area contributed by atoms with E-state index in [4.69, 9.17) is 4.42 Å². The molecule has 0 saturated carbocycles. The molecule has 1 aliphatic rings. The summed E-state index contributed by atoms with van der Waals surface area (Å²) in [5.74, 6) is 1.17. The van der Waals surface area contributed by atoms with E-state index >= 15 is 0 Å². The second kappa shape index (κ2) is 10.3. The lowest BCUT2D eigenvalue weighted by Crippen LogP contribution is -2.34. The van der Waals surface area contributed by atoms with Gasteiger partial charge in [0, 0.05) is 27.6 Å². The number of aromatic nitrogens is 1. The Kier molecular flexibility index (Phi) is 7.14. The summed E-state index contributed by atoms with van der Waals surface area (Å²) in [6.07, 6.45) is 2.95. The van der Waals surface area contributed by atoms with Crippen LogP contribution in [0.4, 0.5) is 5.88 Å². The van der Waals surface area contributed by atoms with Crippen molar-refractivity contribution in [2.75, 3.05) is 18.0 Å². The van der Waals surface area contributed by atoms with Crippen LogP contribution in [0.5, 0.6) is 0 Å². The van der Waals surface area contributed by atoms with Gasteiger partial charge in [0.15, 0.2) is 0 Å². The average Bonchev–Trinajstić information content (AvgIpc) is 3.32. The Morgan fingerprint density at radius 2 is 1.46 bits per heavy atom. The molecular formula is C27H24Br2N2O3S. The maximum atomic E-state index is 13.6. The van der Waals surface area contributed by atoms with Gasteiger partial charge in [-0.3, -0.25) is 0 Å². The highest BCUT2D eigenvalue weighted by Crippen LogP contribution is 2.37. The van der Waals surface area contributed by atoms with Crippen LogP contribution in [0.1, 0.15) is 18.4 Å². The van der Waals surface area contributed by atoms with E-state index in [1.54, 1.807) is 24.3 Å². The van der Waals surface area contributed by atoms with E-state index in [9.17, 15) is 8.42 Å². The number of piperidine rings is 1. The van der Waals surface area contributed by atoms with Crippen LogP contribution >= 0.6 is 31.9 Å². The van der Waals surface area contributed by atoms with Crippen LogP contribution in [-0.2, 0) is 16.3 Å². The van der Waals surface area contributed by atoms with Gasteiger partial charge in [-0.15, -0.1) is 0 Å². The third-order valence-corrected chi connectivity index (χ3v) is 9.04. The van der Waals surface area contributed by atoms with Gasteiger partial charge in [-0.1, -0.05) is 62.2 Å². The Labute approximate surface area is 222 Å². The number of sulfone groups is 1. The number of anilines is 1. The zero-order chi connectivity index (χ0) is 24.4. The molecule has 0 bridgehead atoms. The smallest absolute Gasteiger partial charge is 0.236 e. The summed E-state index contributed by atoms with van der Waals surface area (Å²) >= 11 is 6.81. The first-order chi connectivity index (χ1) is 16.9. The fourth-order valence-corrected chi connectivity index (χ4v) is 6.25. The molecule has 0 atom stereocenters. The molecule has 0 aliphatic carbocycles. The quantitative estimate of drug-likeness (QED) is 0.230. The van der Waals surface area contributed by atoms with E-state index in [0.29, 0.717) is 17.7 Å². The van der Waals surface area contributed by atoms with Crippen LogP contribution in [0, 0.1) is 5.92 Å². The molecule has 35 heavy (non-hydrogen) atoms. The Balaban J connectivity index is 1.46. The number of hydrogen-bond donors (Lipinski definition) is 0. The molecular weight excluding hydrogens is 592 g/mol. The molecule has 0 radical (unpaired) electrons. The first-order valence-corrected chi connectivity index (χ1v) is 14.5. The minimum absolute atomic E-state index is 0.0285. The Morgan fingerprint density at radius 1 is 0.857 bits per heavy atom. The summed E-state index contributed by atoms with van der Waals surface area (Å²) in [4.78, 5) is 6.74. The molecule has 2 heterocycles. The largest absolute Gasteiger partial charge is 0.419 e. The number of rotatable bonds is 6. The van der Waals surface area contributed by atoms with Crippen molar-refractivity contribution in [2.24, 2.45) is 5.92 Å². The van der Waals surface area contributed by atoms with E-state index in [2.05, 4.69) is 61.1 Å². The fraction of sp³-hybridized carbons (Fsp3) is 0.222. The highest BCUT2D eigenvalue weighted by Gasteiger charge is 2.33. The molecule has 1 saturated heterocycles. The molecule has 1 aliphatic heterocycles. The second-order valence-electron chi connectivity index (χ2n) is 8.71. The van der Waals surface area contributed by atoms with E-state index in [1.165, 1.54) is 5.56 Å². The molecule has 3 aromatic carbocycles. The van der Waals surface area contributed by atoms with Crippen molar-refractivity contribution in [2.45, 2.75) is 29.2 Å². The molecule has 1 aromatic heterocycles. The van der Waals surface area contributed by atoms with Gasteiger partial charge in [-0.05, 0) is 79.3 Å². The molecule has 0 amide bonds. The molecule has 8 heteroatoms. The summed E-state index contributed by atoms with van der Waals surface area (Å²) in [5, 5.41) is -0.0285. The maximum Gasteiger partial charge on any atom is 0.236 e. The summed E-state index contributed by atoms with van der Waals surface area (Å²) in [7, 11) is -3.87. The lowest BCUT2D eigenvalue weighted by Gasteiger charge is -2.32. The van der Waals surface area contributed by atoms with Crippen molar-refractivity contribution >= 4 is 47.6 Å². The number of halogens is 2. The zero-order valence-corrected chi connectivity index (χ0v) is 22.9. The van der Waals surface area contributed by atoms with Crippen molar-refractivity contribution in [1.82, 2.24) is 4.98 Å². The van der Waals surface area contributed by atoms with E-state index in [0.717, 1.165) is 46.9 Å². The summed E-state index contributed by atoms with van der Waals surface area (Å²) in [6, 6.07) is 24.6. The molecule has 4 aromatic rings. The van der Waals surface area contributed by atoms with Gasteiger partial charge in [0.1, 0.15) is 0 Å². The molecule has 5 nitrogen and oxygen atoms in total. The SMILES string of the molecule is O=S(=O)(c1ccc(Br)cc1)c1nc(-c2ccc(Br)cc2)oc1N1CCC(Cc2ccccc2)CC1. The van der Waals surface area contributed by atoms with Crippen molar-refractivity contribution in [1.29, 1.82) is 0 Å². The lowest BCUT2D eigenvalue weighted by atomic mass is 9.90. The first-order valence-electron chi connectivity index (χ1n) is 11.5.